The third-order valence-corrected chi connectivity index (χ3v) is 2.79. The van der Waals surface area contributed by atoms with E-state index in [1.54, 1.807) is 0 Å². The standard InChI is InChI=1S/C9H13N3S/c13-9-11-8(6-10-12-9)7-4-2-1-3-5-7/h6-7H,1-5H2,(H,11,12,13). The fourth-order valence-corrected chi connectivity index (χ4v) is 2.08. The van der Waals surface area contributed by atoms with E-state index in [-0.39, 0.29) is 0 Å². The first-order valence-electron chi connectivity index (χ1n) is 4.78. The normalized spacial score (nSPS) is 18.8. The zero-order valence-corrected chi connectivity index (χ0v) is 8.31. The van der Waals surface area contributed by atoms with Crippen LogP contribution in [-0.2, 0) is 0 Å². The Morgan fingerprint density at radius 2 is 2.08 bits per heavy atom. The molecule has 2 rings (SSSR count). The van der Waals surface area contributed by atoms with Crippen molar-refractivity contribution in [2.24, 2.45) is 0 Å². The maximum Gasteiger partial charge on any atom is 0.213 e. The Morgan fingerprint density at radius 3 is 2.77 bits per heavy atom. The summed E-state index contributed by atoms with van der Waals surface area (Å²) in [5, 5.41) is 6.63. The number of H-pyrrole nitrogens is 1. The molecule has 1 heterocycles. The molecule has 1 aromatic heterocycles. The number of nitrogens with zero attached hydrogens (tertiary/aromatic N) is 2. The highest BCUT2D eigenvalue weighted by atomic mass is 32.1. The molecule has 0 bridgehead atoms. The zero-order valence-electron chi connectivity index (χ0n) is 7.49. The molecule has 0 amide bonds. The first-order chi connectivity index (χ1) is 6.36. The molecule has 3 nitrogen and oxygen atoms in total. The van der Waals surface area contributed by atoms with E-state index in [4.69, 9.17) is 12.2 Å². The minimum atomic E-state index is 0.503. The van der Waals surface area contributed by atoms with Gasteiger partial charge in [0.05, 0.1) is 11.9 Å². The first-order valence-corrected chi connectivity index (χ1v) is 5.19. The van der Waals surface area contributed by atoms with Gasteiger partial charge in [0.15, 0.2) is 0 Å². The van der Waals surface area contributed by atoms with Crippen LogP contribution in [0.1, 0.15) is 43.7 Å². The van der Waals surface area contributed by atoms with E-state index in [2.05, 4.69) is 15.2 Å². The second-order valence-electron chi connectivity index (χ2n) is 3.55. The molecule has 4 heteroatoms. The molecule has 0 unspecified atom stereocenters. The van der Waals surface area contributed by atoms with Crippen LogP contribution in [0.25, 0.3) is 0 Å². The Balaban J connectivity index is 2.19. The minimum Gasteiger partial charge on any atom is -0.252 e. The molecule has 1 saturated carbocycles. The van der Waals surface area contributed by atoms with Crippen LogP contribution >= 0.6 is 12.2 Å². The van der Waals surface area contributed by atoms with E-state index in [9.17, 15) is 0 Å². The van der Waals surface area contributed by atoms with Gasteiger partial charge in [-0.3, -0.25) is 5.10 Å². The lowest BCUT2D eigenvalue weighted by atomic mass is 9.87. The van der Waals surface area contributed by atoms with Crippen LogP contribution in [0.2, 0.25) is 0 Å². The molecule has 1 aliphatic carbocycles. The predicted octanol–water partition coefficient (Wildman–Crippen LogP) is 2.58. The third-order valence-electron chi connectivity index (χ3n) is 2.61. The minimum absolute atomic E-state index is 0.503. The molecule has 70 valence electrons. The summed E-state index contributed by atoms with van der Waals surface area (Å²) < 4.78 is 0.503. The molecule has 1 N–H and O–H groups in total. The van der Waals surface area contributed by atoms with Crippen molar-refractivity contribution in [2.75, 3.05) is 0 Å². The van der Waals surface area contributed by atoms with Gasteiger partial charge in [0, 0.05) is 5.92 Å². The van der Waals surface area contributed by atoms with Crippen LogP contribution in [0, 0.1) is 4.77 Å². The molecule has 1 aromatic rings. The Bertz CT molecular complexity index is 328. The summed E-state index contributed by atoms with van der Waals surface area (Å²) >= 11 is 4.94. The van der Waals surface area contributed by atoms with Gasteiger partial charge < -0.3 is 0 Å². The van der Waals surface area contributed by atoms with Crippen LogP contribution in [0.5, 0.6) is 0 Å². The van der Waals surface area contributed by atoms with Gasteiger partial charge in [0.25, 0.3) is 0 Å². The quantitative estimate of drug-likeness (QED) is 0.700. The van der Waals surface area contributed by atoms with E-state index >= 15 is 0 Å². The van der Waals surface area contributed by atoms with E-state index in [0.717, 1.165) is 5.69 Å². The number of hydrogen-bond acceptors (Lipinski definition) is 3. The highest BCUT2D eigenvalue weighted by Gasteiger charge is 2.16. The SMILES string of the molecule is S=c1nc(C2CCCCC2)cn[nH]1. The van der Waals surface area contributed by atoms with Crippen molar-refractivity contribution in [3.63, 3.8) is 0 Å². The number of rotatable bonds is 1. The molecule has 0 spiro atoms. The van der Waals surface area contributed by atoms with E-state index in [1.807, 2.05) is 6.20 Å². The van der Waals surface area contributed by atoms with Gasteiger partial charge in [-0.2, -0.15) is 5.10 Å². The van der Waals surface area contributed by atoms with Crippen LogP contribution in [-0.4, -0.2) is 15.2 Å². The van der Waals surface area contributed by atoms with Gasteiger partial charge in [-0.15, -0.1) is 0 Å². The molecule has 0 atom stereocenters. The van der Waals surface area contributed by atoms with Crippen molar-refractivity contribution in [1.29, 1.82) is 0 Å². The number of nitrogens with one attached hydrogen (secondary N) is 1. The van der Waals surface area contributed by atoms with Crippen molar-refractivity contribution in [3.05, 3.63) is 16.7 Å². The summed E-state index contributed by atoms with van der Waals surface area (Å²) in [5.41, 5.74) is 1.07. The summed E-state index contributed by atoms with van der Waals surface area (Å²) in [4.78, 5) is 4.29. The van der Waals surface area contributed by atoms with Crippen molar-refractivity contribution >= 4 is 12.2 Å². The highest BCUT2D eigenvalue weighted by molar-refractivity contribution is 7.71. The third kappa shape index (κ3) is 2.12. The van der Waals surface area contributed by atoms with Crippen LogP contribution < -0.4 is 0 Å². The first kappa shape index (κ1) is 8.81. The summed E-state index contributed by atoms with van der Waals surface area (Å²) in [6.07, 6.45) is 8.30. The summed E-state index contributed by atoms with van der Waals surface area (Å²) in [6.45, 7) is 0. The Morgan fingerprint density at radius 1 is 1.31 bits per heavy atom. The van der Waals surface area contributed by atoms with Crippen LogP contribution in [0.4, 0.5) is 0 Å². The average Bonchev–Trinajstić information content (AvgIpc) is 2.19. The van der Waals surface area contributed by atoms with E-state index in [1.165, 1.54) is 32.1 Å². The molecule has 0 saturated heterocycles. The lowest BCUT2D eigenvalue weighted by molar-refractivity contribution is 0.434. The van der Waals surface area contributed by atoms with Gasteiger partial charge in [-0.25, -0.2) is 4.98 Å². The molecule has 0 aliphatic heterocycles. The van der Waals surface area contributed by atoms with E-state index in [0.29, 0.717) is 10.7 Å². The molecule has 13 heavy (non-hydrogen) atoms. The van der Waals surface area contributed by atoms with Gasteiger partial charge in [0.1, 0.15) is 0 Å². The Labute approximate surface area is 82.6 Å². The van der Waals surface area contributed by atoms with Gasteiger partial charge in [-0.05, 0) is 25.1 Å². The Kier molecular flexibility index (Phi) is 2.68. The van der Waals surface area contributed by atoms with Gasteiger partial charge in [0.2, 0.25) is 4.77 Å². The zero-order chi connectivity index (χ0) is 9.10. The average molecular weight is 195 g/mol. The summed E-state index contributed by atoms with van der Waals surface area (Å²) in [6, 6.07) is 0. The second-order valence-corrected chi connectivity index (χ2v) is 3.93. The van der Waals surface area contributed by atoms with Crippen molar-refractivity contribution in [3.8, 4) is 0 Å². The van der Waals surface area contributed by atoms with E-state index < -0.39 is 0 Å². The van der Waals surface area contributed by atoms with Crippen molar-refractivity contribution < 1.29 is 0 Å². The maximum absolute atomic E-state index is 4.94. The lowest BCUT2D eigenvalue weighted by Crippen LogP contribution is -2.07. The molecule has 1 aliphatic rings. The number of aromatic nitrogens is 3. The fraction of sp³-hybridized carbons (Fsp3) is 0.667. The van der Waals surface area contributed by atoms with Gasteiger partial charge in [-0.1, -0.05) is 19.3 Å². The number of aromatic amines is 1. The van der Waals surface area contributed by atoms with Crippen LogP contribution in [0.15, 0.2) is 6.20 Å². The lowest BCUT2D eigenvalue weighted by Gasteiger charge is -2.20. The largest absolute Gasteiger partial charge is 0.252 e. The summed E-state index contributed by atoms with van der Waals surface area (Å²) in [7, 11) is 0. The Hall–Kier alpha value is -0.770. The van der Waals surface area contributed by atoms with Crippen LogP contribution in [0.3, 0.4) is 0 Å². The predicted molar refractivity (Wildman–Crippen MR) is 53.0 cm³/mol. The fourth-order valence-electron chi connectivity index (χ4n) is 1.92. The number of hydrogen-bond donors (Lipinski definition) is 1. The summed E-state index contributed by atoms with van der Waals surface area (Å²) in [5.74, 6) is 0.595. The smallest absolute Gasteiger partial charge is 0.213 e. The topological polar surface area (TPSA) is 41.6 Å². The van der Waals surface area contributed by atoms with Gasteiger partial charge >= 0.3 is 0 Å². The second kappa shape index (κ2) is 3.96. The molecule has 0 aromatic carbocycles. The maximum atomic E-state index is 4.94. The molecule has 0 radical (unpaired) electrons. The molecule has 1 fully saturated rings. The molecular formula is C9H13N3S. The van der Waals surface area contributed by atoms with Crippen molar-refractivity contribution in [1.82, 2.24) is 15.2 Å². The highest BCUT2D eigenvalue weighted by Crippen LogP contribution is 2.30. The molecular weight excluding hydrogens is 182 g/mol. The monoisotopic (exact) mass is 195 g/mol. The van der Waals surface area contributed by atoms with Crippen molar-refractivity contribution in [2.45, 2.75) is 38.0 Å².